The molecule has 1 aromatic carbocycles. The minimum atomic E-state index is -0.445. The third-order valence-electron chi connectivity index (χ3n) is 2.77. The maximum Gasteiger partial charge on any atom is 0.122 e. The number of benzene rings is 1. The summed E-state index contributed by atoms with van der Waals surface area (Å²) >= 11 is 0. The van der Waals surface area contributed by atoms with E-state index < -0.39 is 5.41 Å². The zero-order valence-corrected chi connectivity index (χ0v) is 10.7. The van der Waals surface area contributed by atoms with E-state index in [9.17, 15) is 0 Å². The molecule has 0 fully saturated rings. The van der Waals surface area contributed by atoms with Crippen LogP contribution in [0, 0.1) is 25.2 Å². The van der Waals surface area contributed by atoms with Gasteiger partial charge in [0.05, 0.1) is 18.1 Å². The van der Waals surface area contributed by atoms with Gasteiger partial charge < -0.3 is 4.74 Å². The van der Waals surface area contributed by atoms with Gasteiger partial charge >= 0.3 is 0 Å². The first-order chi connectivity index (χ1) is 7.42. The highest BCUT2D eigenvalue weighted by Gasteiger charge is 2.22. The highest BCUT2D eigenvalue weighted by atomic mass is 16.5. The van der Waals surface area contributed by atoms with Crippen molar-refractivity contribution in [1.82, 2.24) is 0 Å². The summed E-state index contributed by atoms with van der Waals surface area (Å²) < 4.78 is 5.54. The molecule has 0 heterocycles. The molecule has 0 N–H and O–H groups in total. The molecule has 0 bridgehead atoms. The topological polar surface area (TPSA) is 33.0 Å². The van der Waals surface area contributed by atoms with Gasteiger partial charge in [0.2, 0.25) is 0 Å². The van der Waals surface area contributed by atoms with Crippen molar-refractivity contribution in [3.05, 3.63) is 28.8 Å². The number of ether oxygens (including phenoxy) is 1. The molecular formula is C14H19NO. The molecule has 0 saturated heterocycles. The molecule has 16 heavy (non-hydrogen) atoms. The Bertz CT molecular complexity index is 427. The van der Waals surface area contributed by atoms with E-state index in [0.29, 0.717) is 6.61 Å². The minimum absolute atomic E-state index is 0.445. The van der Waals surface area contributed by atoms with Crippen LogP contribution in [0.15, 0.2) is 12.1 Å². The SMILES string of the molecule is CCOc1cc(C)c(C(C)(C)C#N)cc1C. The van der Waals surface area contributed by atoms with E-state index in [2.05, 4.69) is 12.1 Å². The Hall–Kier alpha value is -1.49. The van der Waals surface area contributed by atoms with Crippen molar-refractivity contribution in [2.75, 3.05) is 6.61 Å². The Morgan fingerprint density at radius 3 is 2.38 bits per heavy atom. The zero-order chi connectivity index (χ0) is 12.3. The van der Waals surface area contributed by atoms with Gasteiger partial charge in [0.1, 0.15) is 5.75 Å². The first-order valence-corrected chi connectivity index (χ1v) is 5.58. The van der Waals surface area contributed by atoms with E-state index in [4.69, 9.17) is 10.00 Å². The van der Waals surface area contributed by atoms with Crippen LogP contribution in [-0.4, -0.2) is 6.61 Å². The second-order valence-electron chi connectivity index (χ2n) is 4.60. The van der Waals surface area contributed by atoms with Gasteiger partial charge in [-0.25, -0.2) is 0 Å². The highest BCUT2D eigenvalue weighted by Crippen LogP contribution is 2.31. The van der Waals surface area contributed by atoms with Crippen LogP contribution >= 0.6 is 0 Å². The van der Waals surface area contributed by atoms with Crippen LogP contribution in [0.4, 0.5) is 0 Å². The standard InChI is InChI=1S/C14H19NO/c1-6-16-13-8-10(2)12(7-11(13)3)14(4,5)9-15/h7-8H,6H2,1-5H3. The number of aryl methyl sites for hydroxylation is 2. The van der Waals surface area contributed by atoms with Gasteiger partial charge in [-0.1, -0.05) is 6.07 Å². The lowest BCUT2D eigenvalue weighted by molar-refractivity contribution is 0.337. The highest BCUT2D eigenvalue weighted by molar-refractivity contribution is 5.46. The van der Waals surface area contributed by atoms with Crippen molar-refractivity contribution in [2.24, 2.45) is 0 Å². The maximum absolute atomic E-state index is 9.15. The Balaban J connectivity index is 3.27. The Kier molecular flexibility index (Phi) is 3.59. The molecule has 2 heteroatoms. The fraction of sp³-hybridized carbons (Fsp3) is 0.500. The second-order valence-corrected chi connectivity index (χ2v) is 4.60. The van der Waals surface area contributed by atoms with Crippen molar-refractivity contribution in [3.8, 4) is 11.8 Å². The largest absolute Gasteiger partial charge is 0.494 e. The maximum atomic E-state index is 9.15. The Morgan fingerprint density at radius 1 is 1.25 bits per heavy atom. The number of rotatable bonds is 3. The van der Waals surface area contributed by atoms with Crippen molar-refractivity contribution in [3.63, 3.8) is 0 Å². The molecule has 2 nitrogen and oxygen atoms in total. The summed E-state index contributed by atoms with van der Waals surface area (Å²) in [6.07, 6.45) is 0. The zero-order valence-electron chi connectivity index (χ0n) is 10.7. The van der Waals surface area contributed by atoms with E-state index in [1.807, 2.05) is 40.7 Å². The lowest BCUT2D eigenvalue weighted by Crippen LogP contribution is -2.16. The molecular weight excluding hydrogens is 198 g/mol. The van der Waals surface area contributed by atoms with Gasteiger partial charge in [0.15, 0.2) is 0 Å². The molecule has 0 unspecified atom stereocenters. The van der Waals surface area contributed by atoms with E-state index >= 15 is 0 Å². The molecule has 0 aromatic heterocycles. The summed E-state index contributed by atoms with van der Waals surface area (Å²) in [6, 6.07) is 6.42. The van der Waals surface area contributed by atoms with Gasteiger partial charge in [-0.2, -0.15) is 5.26 Å². The summed E-state index contributed by atoms with van der Waals surface area (Å²) in [5.74, 6) is 0.914. The summed E-state index contributed by atoms with van der Waals surface area (Å²) in [5, 5.41) is 9.15. The van der Waals surface area contributed by atoms with E-state index in [1.54, 1.807) is 0 Å². The van der Waals surface area contributed by atoms with Gasteiger partial charge in [-0.05, 0) is 57.4 Å². The number of hydrogen-bond donors (Lipinski definition) is 0. The number of nitrogens with zero attached hydrogens (tertiary/aromatic N) is 1. The van der Waals surface area contributed by atoms with Crippen LogP contribution in [-0.2, 0) is 5.41 Å². The van der Waals surface area contributed by atoms with Crippen LogP contribution in [0.2, 0.25) is 0 Å². The van der Waals surface area contributed by atoms with Crippen molar-refractivity contribution in [1.29, 1.82) is 5.26 Å². The summed E-state index contributed by atoms with van der Waals surface area (Å²) in [6.45, 7) is 10.6. The van der Waals surface area contributed by atoms with Crippen LogP contribution < -0.4 is 4.74 Å². The normalized spacial score (nSPS) is 11.0. The van der Waals surface area contributed by atoms with E-state index in [-0.39, 0.29) is 0 Å². The molecule has 0 aliphatic heterocycles. The lowest BCUT2D eigenvalue weighted by atomic mass is 9.82. The molecule has 0 atom stereocenters. The van der Waals surface area contributed by atoms with Crippen molar-refractivity contribution in [2.45, 2.75) is 40.0 Å². The number of hydrogen-bond acceptors (Lipinski definition) is 2. The van der Waals surface area contributed by atoms with Crippen LogP contribution in [0.5, 0.6) is 5.75 Å². The molecule has 0 spiro atoms. The van der Waals surface area contributed by atoms with Crippen molar-refractivity contribution >= 4 is 0 Å². The fourth-order valence-corrected chi connectivity index (χ4v) is 1.83. The first-order valence-electron chi connectivity index (χ1n) is 5.58. The van der Waals surface area contributed by atoms with Gasteiger partial charge in [-0.3, -0.25) is 0 Å². The molecule has 0 saturated carbocycles. The van der Waals surface area contributed by atoms with Gasteiger partial charge in [0.25, 0.3) is 0 Å². The third-order valence-corrected chi connectivity index (χ3v) is 2.77. The first kappa shape index (κ1) is 12.6. The average molecular weight is 217 g/mol. The molecule has 0 aliphatic rings. The Labute approximate surface area is 97.9 Å². The van der Waals surface area contributed by atoms with Gasteiger partial charge in [0, 0.05) is 0 Å². The third kappa shape index (κ3) is 2.36. The van der Waals surface area contributed by atoms with Crippen LogP contribution in [0.25, 0.3) is 0 Å². The van der Waals surface area contributed by atoms with E-state index in [1.165, 1.54) is 0 Å². The molecule has 1 rings (SSSR count). The molecule has 0 aliphatic carbocycles. The average Bonchev–Trinajstić information content (AvgIpc) is 2.23. The molecule has 0 amide bonds. The summed E-state index contributed by atoms with van der Waals surface area (Å²) in [5.41, 5.74) is 2.84. The van der Waals surface area contributed by atoms with Crippen LogP contribution in [0.1, 0.15) is 37.5 Å². The predicted molar refractivity (Wildman–Crippen MR) is 65.7 cm³/mol. The second kappa shape index (κ2) is 4.57. The fourth-order valence-electron chi connectivity index (χ4n) is 1.83. The van der Waals surface area contributed by atoms with Crippen LogP contribution in [0.3, 0.4) is 0 Å². The van der Waals surface area contributed by atoms with Gasteiger partial charge in [-0.15, -0.1) is 0 Å². The van der Waals surface area contributed by atoms with E-state index in [0.717, 1.165) is 22.4 Å². The summed E-state index contributed by atoms with van der Waals surface area (Å²) in [7, 11) is 0. The smallest absolute Gasteiger partial charge is 0.122 e. The predicted octanol–water partition coefficient (Wildman–Crippen LogP) is 3.50. The monoisotopic (exact) mass is 217 g/mol. The lowest BCUT2D eigenvalue weighted by Gasteiger charge is -2.20. The number of nitriles is 1. The molecule has 86 valence electrons. The molecule has 0 radical (unpaired) electrons. The van der Waals surface area contributed by atoms with Crippen molar-refractivity contribution < 1.29 is 4.74 Å². The molecule has 1 aromatic rings. The Morgan fingerprint density at radius 2 is 1.88 bits per heavy atom. The quantitative estimate of drug-likeness (QED) is 0.776. The minimum Gasteiger partial charge on any atom is -0.494 e. The summed E-state index contributed by atoms with van der Waals surface area (Å²) in [4.78, 5) is 0.